The number of anilines is 1. The molecule has 9 nitrogen and oxygen atoms in total. The summed E-state index contributed by atoms with van der Waals surface area (Å²) in [5.41, 5.74) is 6.77. The van der Waals surface area contributed by atoms with Crippen LogP contribution in [0.4, 0.5) is 5.95 Å². The van der Waals surface area contributed by atoms with Gasteiger partial charge in [0, 0.05) is 6.61 Å². The number of H-pyrrole nitrogens is 1. The van der Waals surface area contributed by atoms with Gasteiger partial charge in [0.05, 0.1) is 25.6 Å². The van der Waals surface area contributed by atoms with Crippen LogP contribution in [0, 0.1) is 0 Å². The minimum atomic E-state index is -0.403. The van der Waals surface area contributed by atoms with Gasteiger partial charge in [0.1, 0.15) is 6.73 Å². The number of nitrogens with zero attached hydrogens (tertiary/aromatic N) is 3. The van der Waals surface area contributed by atoms with Crippen molar-refractivity contribution in [1.82, 2.24) is 19.5 Å². The molecule has 0 bridgehead atoms. The molecule has 1 unspecified atom stereocenters. The number of aromatic amines is 1. The van der Waals surface area contributed by atoms with Gasteiger partial charge in [0.2, 0.25) is 5.95 Å². The summed E-state index contributed by atoms with van der Waals surface area (Å²) < 4.78 is 12.8. The summed E-state index contributed by atoms with van der Waals surface area (Å²) in [6.45, 7) is 0.917. The molecule has 0 saturated heterocycles. The summed E-state index contributed by atoms with van der Waals surface area (Å²) in [6.07, 6.45) is 1.58. The van der Waals surface area contributed by atoms with E-state index in [9.17, 15) is 9.90 Å². The van der Waals surface area contributed by atoms with Gasteiger partial charge >= 0.3 is 0 Å². The third-order valence-electron chi connectivity index (χ3n) is 3.84. The van der Waals surface area contributed by atoms with Crippen LogP contribution in [-0.4, -0.2) is 43.9 Å². The topological polar surface area (TPSA) is 128 Å². The summed E-state index contributed by atoms with van der Waals surface area (Å²) in [5, 5.41) is 9.48. The Kier molecular flexibility index (Phi) is 5.95. The lowest BCUT2D eigenvalue weighted by molar-refractivity contribution is -0.0407. The Balaban J connectivity index is 1.50. The van der Waals surface area contributed by atoms with Crippen LogP contribution in [-0.2, 0) is 22.8 Å². The van der Waals surface area contributed by atoms with E-state index in [4.69, 9.17) is 15.2 Å². The number of fused-ring (bicyclic) bond motifs is 1. The molecule has 2 heterocycles. The first-order valence-electron chi connectivity index (χ1n) is 8.22. The minimum Gasteiger partial charge on any atom is -0.394 e. The third kappa shape index (κ3) is 4.45. The number of benzene rings is 1. The zero-order chi connectivity index (χ0) is 18.4. The van der Waals surface area contributed by atoms with E-state index in [2.05, 4.69) is 15.0 Å². The molecular formula is C17H21N5O4. The monoisotopic (exact) mass is 359 g/mol. The lowest BCUT2D eigenvalue weighted by Gasteiger charge is -2.16. The fourth-order valence-electron chi connectivity index (χ4n) is 2.46. The molecule has 0 aliphatic carbocycles. The fourth-order valence-corrected chi connectivity index (χ4v) is 2.46. The highest BCUT2D eigenvalue weighted by atomic mass is 16.5. The molecule has 4 N–H and O–H groups in total. The van der Waals surface area contributed by atoms with Crippen molar-refractivity contribution < 1.29 is 14.6 Å². The van der Waals surface area contributed by atoms with Crippen molar-refractivity contribution in [3.05, 3.63) is 52.6 Å². The first kappa shape index (κ1) is 18.1. The highest BCUT2D eigenvalue weighted by Crippen LogP contribution is 2.09. The molecule has 0 aliphatic rings. The van der Waals surface area contributed by atoms with Gasteiger partial charge < -0.3 is 20.3 Å². The van der Waals surface area contributed by atoms with Crippen molar-refractivity contribution in [2.24, 2.45) is 0 Å². The second kappa shape index (κ2) is 8.56. The van der Waals surface area contributed by atoms with Gasteiger partial charge in [-0.3, -0.25) is 14.3 Å². The van der Waals surface area contributed by atoms with E-state index in [0.29, 0.717) is 25.3 Å². The number of rotatable bonds is 9. The first-order chi connectivity index (χ1) is 12.7. The molecule has 1 atom stereocenters. The number of imidazole rings is 1. The minimum absolute atomic E-state index is 0.0114. The third-order valence-corrected chi connectivity index (χ3v) is 3.84. The van der Waals surface area contributed by atoms with Crippen LogP contribution in [0.3, 0.4) is 0 Å². The Morgan fingerprint density at radius 3 is 2.88 bits per heavy atom. The first-order valence-corrected chi connectivity index (χ1v) is 8.22. The van der Waals surface area contributed by atoms with Crippen LogP contribution in [0.5, 0.6) is 0 Å². The molecule has 3 rings (SSSR count). The van der Waals surface area contributed by atoms with Gasteiger partial charge in [-0.15, -0.1) is 0 Å². The Hall–Kier alpha value is -2.75. The lowest BCUT2D eigenvalue weighted by atomic mass is 10.2. The summed E-state index contributed by atoms with van der Waals surface area (Å²) >= 11 is 0. The molecule has 1 aromatic carbocycles. The maximum atomic E-state index is 11.7. The maximum absolute atomic E-state index is 11.7. The van der Waals surface area contributed by atoms with E-state index >= 15 is 0 Å². The number of aliphatic hydroxyl groups is 1. The standard InChI is InChI=1S/C17H21N5O4/c18-17-20-15-14(16(24)21-17)19-10-22(15)11-26-13(8-23)6-7-25-9-12-4-2-1-3-5-12/h1-5,10,13,23H,6-9,11H2,(H3,18,20,21,24). The molecule has 0 radical (unpaired) electrons. The maximum Gasteiger partial charge on any atom is 0.280 e. The average molecular weight is 359 g/mol. The van der Waals surface area contributed by atoms with Crippen LogP contribution >= 0.6 is 0 Å². The van der Waals surface area contributed by atoms with Gasteiger partial charge in [-0.25, -0.2) is 4.98 Å². The van der Waals surface area contributed by atoms with E-state index in [1.165, 1.54) is 6.33 Å². The number of aliphatic hydroxyl groups excluding tert-OH is 1. The molecule has 3 aromatic rings. The van der Waals surface area contributed by atoms with E-state index in [-0.39, 0.29) is 24.8 Å². The smallest absolute Gasteiger partial charge is 0.280 e. The predicted molar refractivity (Wildman–Crippen MR) is 95.2 cm³/mol. The molecule has 0 fully saturated rings. The molecular weight excluding hydrogens is 338 g/mol. The lowest BCUT2D eigenvalue weighted by Crippen LogP contribution is -2.22. The molecule has 0 amide bonds. The molecule has 0 spiro atoms. The SMILES string of the molecule is Nc1nc2c(ncn2COC(CO)CCOCc2ccccc2)c(=O)[nH]1. The Labute approximate surface area is 149 Å². The number of ether oxygens (including phenoxy) is 2. The zero-order valence-corrected chi connectivity index (χ0v) is 14.2. The van der Waals surface area contributed by atoms with E-state index < -0.39 is 11.7 Å². The highest BCUT2D eigenvalue weighted by molar-refractivity contribution is 5.70. The summed E-state index contributed by atoms with van der Waals surface area (Å²) in [7, 11) is 0. The number of nitrogens with one attached hydrogen (secondary N) is 1. The van der Waals surface area contributed by atoms with Crippen LogP contribution < -0.4 is 11.3 Å². The number of nitrogen functional groups attached to an aromatic ring is 1. The second-order valence-electron chi connectivity index (χ2n) is 5.76. The molecule has 0 saturated carbocycles. The molecule has 2 aromatic heterocycles. The molecule has 138 valence electrons. The number of hydrogen-bond acceptors (Lipinski definition) is 7. The van der Waals surface area contributed by atoms with Gasteiger partial charge in [-0.2, -0.15) is 4.98 Å². The number of hydrogen-bond donors (Lipinski definition) is 3. The van der Waals surface area contributed by atoms with Crippen molar-refractivity contribution in [3.63, 3.8) is 0 Å². The van der Waals surface area contributed by atoms with E-state index in [1.807, 2.05) is 30.3 Å². The van der Waals surface area contributed by atoms with Gasteiger partial charge in [-0.1, -0.05) is 30.3 Å². The second-order valence-corrected chi connectivity index (χ2v) is 5.76. The van der Waals surface area contributed by atoms with E-state index in [1.54, 1.807) is 4.57 Å². The predicted octanol–water partition coefficient (Wildman–Crippen LogP) is 0.644. The Morgan fingerprint density at radius 1 is 1.31 bits per heavy atom. The van der Waals surface area contributed by atoms with Crippen LogP contribution in [0.2, 0.25) is 0 Å². The molecule has 0 aliphatic heterocycles. The highest BCUT2D eigenvalue weighted by Gasteiger charge is 2.12. The van der Waals surface area contributed by atoms with Crippen molar-refractivity contribution in [2.75, 3.05) is 18.9 Å². The molecule has 26 heavy (non-hydrogen) atoms. The Morgan fingerprint density at radius 2 is 2.12 bits per heavy atom. The molecule has 9 heteroatoms. The van der Waals surface area contributed by atoms with E-state index in [0.717, 1.165) is 5.56 Å². The number of aromatic nitrogens is 4. The van der Waals surface area contributed by atoms with Gasteiger partial charge in [-0.05, 0) is 12.0 Å². The average Bonchev–Trinajstić information content (AvgIpc) is 3.05. The number of nitrogens with two attached hydrogens (primary N) is 1. The van der Waals surface area contributed by atoms with Crippen LogP contribution in [0.1, 0.15) is 12.0 Å². The van der Waals surface area contributed by atoms with Gasteiger partial charge in [0.25, 0.3) is 5.56 Å². The van der Waals surface area contributed by atoms with Gasteiger partial charge in [0.15, 0.2) is 11.2 Å². The van der Waals surface area contributed by atoms with Crippen LogP contribution in [0.15, 0.2) is 41.5 Å². The normalized spacial score (nSPS) is 12.5. The van der Waals surface area contributed by atoms with Crippen molar-refractivity contribution in [1.29, 1.82) is 0 Å². The summed E-state index contributed by atoms with van der Waals surface area (Å²) in [6, 6.07) is 9.85. The summed E-state index contributed by atoms with van der Waals surface area (Å²) in [5.74, 6) is 0.0114. The quantitative estimate of drug-likeness (QED) is 0.478. The van der Waals surface area contributed by atoms with Crippen molar-refractivity contribution >= 4 is 17.1 Å². The largest absolute Gasteiger partial charge is 0.394 e. The Bertz CT molecular complexity index is 893. The van der Waals surface area contributed by atoms with Crippen LogP contribution in [0.25, 0.3) is 11.2 Å². The van der Waals surface area contributed by atoms with Crippen molar-refractivity contribution in [2.45, 2.75) is 25.9 Å². The summed E-state index contributed by atoms with van der Waals surface area (Å²) in [4.78, 5) is 22.2. The fraction of sp³-hybridized carbons (Fsp3) is 0.353. The van der Waals surface area contributed by atoms with Crippen molar-refractivity contribution in [3.8, 4) is 0 Å². The zero-order valence-electron chi connectivity index (χ0n) is 14.2.